The number of hydrogen-bond acceptors (Lipinski definition) is 8. The van der Waals surface area contributed by atoms with Crippen molar-refractivity contribution in [3.8, 4) is 0 Å². The van der Waals surface area contributed by atoms with Crippen LogP contribution in [-0.4, -0.2) is 58.1 Å². The Kier molecular flexibility index (Phi) is 6.89. The van der Waals surface area contributed by atoms with Gasteiger partial charge in [-0.3, -0.25) is 4.79 Å². The van der Waals surface area contributed by atoms with Crippen LogP contribution in [0.2, 0.25) is 0 Å². The number of aromatic amines is 1. The number of anilines is 4. The fraction of sp³-hybridized carbons (Fsp3) is 0.520. The molecule has 0 bridgehead atoms. The van der Waals surface area contributed by atoms with E-state index in [1.165, 1.54) is 24.9 Å². The highest BCUT2D eigenvalue weighted by Gasteiger charge is 2.20. The molecule has 9 heteroatoms. The van der Waals surface area contributed by atoms with Gasteiger partial charge in [-0.15, -0.1) is 0 Å². The Labute approximate surface area is 199 Å². The standard InChI is InChI=1S/C25H33N7O2/c33-15-11-18-6-5-14-32(17-18)20-9-7-19(8-10-20)27-23-22-21(16-26-30-24(22)34)28-25(29-23)31-12-3-1-2-4-13-31/h7-10,16,18,33H,1-6,11-15,17H2,(H,30,34)(H,27,28,29). The summed E-state index contributed by atoms with van der Waals surface area (Å²) < 4.78 is 0. The number of aliphatic hydroxyl groups is 1. The van der Waals surface area contributed by atoms with Crippen molar-refractivity contribution in [3.63, 3.8) is 0 Å². The molecular formula is C25H33N7O2. The lowest BCUT2D eigenvalue weighted by atomic mass is 9.95. The van der Waals surface area contributed by atoms with Crippen molar-refractivity contribution in [2.24, 2.45) is 5.92 Å². The van der Waals surface area contributed by atoms with E-state index in [2.05, 4.69) is 42.4 Å². The molecule has 2 aromatic heterocycles. The zero-order chi connectivity index (χ0) is 23.3. The lowest BCUT2D eigenvalue weighted by Gasteiger charge is -2.34. The Hall–Kier alpha value is -3.20. The average Bonchev–Trinajstić information content (AvgIpc) is 3.15. The molecule has 4 heterocycles. The van der Waals surface area contributed by atoms with Crippen LogP contribution in [0.15, 0.2) is 35.3 Å². The van der Waals surface area contributed by atoms with E-state index in [1.807, 2.05) is 12.1 Å². The molecule has 0 spiro atoms. The first-order valence-electron chi connectivity index (χ1n) is 12.4. The molecule has 5 rings (SSSR count). The van der Waals surface area contributed by atoms with Gasteiger partial charge in [0.2, 0.25) is 5.95 Å². The van der Waals surface area contributed by atoms with Gasteiger partial charge in [-0.05, 0) is 62.3 Å². The molecule has 34 heavy (non-hydrogen) atoms. The van der Waals surface area contributed by atoms with Crippen molar-refractivity contribution in [2.45, 2.75) is 44.9 Å². The van der Waals surface area contributed by atoms with E-state index in [9.17, 15) is 9.90 Å². The highest BCUT2D eigenvalue weighted by Crippen LogP contribution is 2.28. The minimum absolute atomic E-state index is 0.252. The summed E-state index contributed by atoms with van der Waals surface area (Å²) in [4.78, 5) is 26.7. The molecule has 0 aliphatic carbocycles. The van der Waals surface area contributed by atoms with E-state index < -0.39 is 0 Å². The number of aromatic nitrogens is 4. The molecule has 1 atom stereocenters. The Balaban J connectivity index is 1.41. The third-order valence-corrected chi connectivity index (χ3v) is 6.95. The number of hydrogen-bond donors (Lipinski definition) is 3. The van der Waals surface area contributed by atoms with Gasteiger partial charge in [-0.25, -0.2) is 10.1 Å². The highest BCUT2D eigenvalue weighted by atomic mass is 16.3. The summed E-state index contributed by atoms with van der Waals surface area (Å²) in [7, 11) is 0. The van der Waals surface area contributed by atoms with Crippen LogP contribution >= 0.6 is 0 Å². The van der Waals surface area contributed by atoms with Crippen molar-refractivity contribution >= 4 is 34.0 Å². The lowest BCUT2D eigenvalue weighted by Crippen LogP contribution is -2.35. The minimum atomic E-state index is -0.303. The molecule has 1 aromatic carbocycles. The summed E-state index contributed by atoms with van der Waals surface area (Å²) in [5.41, 5.74) is 2.28. The number of rotatable bonds is 6. The van der Waals surface area contributed by atoms with Gasteiger partial charge in [0.25, 0.3) is 5.56 Å². The Morgan fingerprint density at radius 1 is 1.00 bits per heavy atom. The van der Waals surface area contributed by atoms with Crippen LogP contribution in [-0.2, 0) is 0 Å². The maximum atomic E-state index is 12.6. The van der Waals surface area contributed by atoms with E-state index in [0.29, 0.717) is 28.6 Å². The molecule has 0 radical (unpaired) electrons. The maximum Gasteiger partial charge on any atom is 0.277 e. The van der Waals surface area contributed by atoms with Gasteiger partial charge in [0.1, 0.15) is 16.7 Å². The molecule has 3 N–H and O–H groups in total. The van der Waals surface area contributed by atoms with Gasteiger partial charge in [-0.1, -0.05) is 12.8 Å². The number of fused-ring (bicyclic) bond motifs is 1. The van der Waals surface area contributed by atoms with E-state index >= 15 is 0 Å². The van der Waals surface area contributed by atoms with E-state index in [1.54, 1.807) is 6.20 Å². The third-order valence-electron chi connectivity index (χ3n) is 6.95. The number of piperidine rings is 1. The number of nitrogens with one attached hydrogen (secondary N) is 2. The summed E-state index contributed by atoms with van der Waals surface area (Å²) in [5.74, 6) is 1.69. The second kappa shape index (κ2) is 10.4. The minimum Gasteiger partial charge on any atom is -0.396 e. The number of nitrogens with zero attached hydrogens (tertiary/aromatic N) is 5. The van der Waals surface area contributed by atoms with Crippen molar-refractivity contribution in [2.75, 3.05) is 47.9 Å². The largest absolute Gasteiger partial charge is 0.396 e. The molecule has 0 saturated carbocycles. The predicted octanol–water partition coefficient (Wildman–Crippen LogP) is 3.44. The number of H-pyrrole nitrogens is 1. The van der Waals surface area contributed by atoms with Crippen LogP contribution in [0.3, 0.4) is 0 Å². The first-order valence-corrected chi connectivity index (χ1v) is 12.4. The van der Waals surface area contributed by atoms with E-state index in [0.717, 1.165) is 57.5 Å². The average molecular weight is 464 g/mol. The molecule has 180 valence electrons. The van der Waals surface area contributed by atoms with Gasteiger partial charge in [-0.2, -0.15) is 10.1 Å². The molecular weight excluding hydrogens is 430 g/mol. The van der Waals surface area contributed by atoms with Crippen LogP contribution in [0.5, 0.6) is 0 Å². The van der Waals surface area contributed by atoms with Crippen molar-refractivity contribution < 1.29 is 5.11 Å². The van der Waals surface area contributed by atoms with Crippen LogP contribution in [0, 0.1) is 5.92 Å². The molecule has 0 amide bonds. The highest BCUT2D eigenvalue weighted by molar-refractivity contribution is 5.90. The second-order valence-electron chi connectivity index (χ2n) is 9.37. The quantitative estimate of drug-likeness (QED) is 0.510. The lowest BCUT2D eigenvalue weighted by molar-refractivity contribution is 0.244. The van der Waals surface area contributed by atoms with Crippen LogP contribution in [0.25, 0.3) is 10.9 Å². The summed E-state index contributed by atoms with van der Waals surface area (Å²) in [6.07, 6.45) is 9.46. The van der Waals surface area contributed by atoms with Crippen LogP contribution < -0.4 is 20.7 Å². The fourth-order valence-corrected chi connectivity index (χ4v) is 5.10. The Morgan fingerprint density at radius 2 is 1.76 bits per heavy atom. The summed E-state index contributed by atoms with van der Waals surface area (Å²) in [5, 5.41) is 19.5. The zero-order valence-electron chi connectivity index (χ0n) is 19.5. The third kappa shape index (κ3) is 4.99. The molecule has 3 aromatic rings. The molecule has 2 aliphatic rings. The van der Waals surface area contributed by atoms with Crippen LogP contribution in [0.1, 0.15) is 44.9 Å². The number of benzene rings is 1. The van der Waals surface area contributed by atoms with Gasteiger partial charge in [0.15, 0.2) is 0 Å². The summed E-state index contributed by atoms with van der Waals surface area (Å²) >= 11 is 0. The molecule has 9 nitrogen and oxygen atoms in total. The van der Waals surface area contributed by atoms with Gasteiger partial charge < -0.3 is 20.2 Å². The summed E-state index contributed by atoms with van der Waals surface area (Å²) in [6.45, 7) is 4.10. The maximum absolute atomic E-state index is 12.6. The fourth-order valence-electron chi connectivity index (χ4n) is 5.10. The SMILES string of the molecule is O=c1[nH]ncc2nc(N3CCCCCC3)nc(Nc3ccc(N4CCCC(CCO)C4)cc3)c12. The number of aliphatic hydroxyl groups excluding tert-OH is 1. The van der Waals surface area contributed by atoms with Crippen molar-refractivity contribution in [1.82, 2.24) is 20.2 Å². The first kappa shape index (κ1) is 22.6. The monoisotopic (exact) mass is 463 g/mol. The molecule has 2 aliphatic heterocycles. The zero-order valence-corrected chi connectivity index (χ0v) is 19.5. The normalized spacial score (nSPS) is 19.3. The Bertz CT molecular complexity index is 1150. The summed E-state index contributed by atoms with van der Waals surface area (Å²) in [6, 6.07) is 8.27. The van der Waals surface area contributed by atoms with Crippen molar-refractivity contribution in [1.29, 1.82) is 0 Å². The van der Waals surface area contributed by atoms with Gasteiger partial charge in [0.05, 0.1) is 6.20 Å². The van der Waals surface area contributed by atoms with E-state index in [4.69, 9.17) is 4.98 Å². The molecule has 2 fully saturated rings. The molecule has 2 saturated heterocycles. The van der Waals surface area contributed by atoms with Gasteiger partial charge >= 0.3 is 0 Å². The van der Waals surface area contributed by atoms with Gasteiger partial charge in [0, 0.05) is 44.2 Å². The van der Waals surface area contributed by atoms with Crippen LogP contribution in [0.4, 0.5) is 23.1 Å². The van der Waals surface area contributed by atoms with Crippen molar-refractivity contribution in [3.05, 3.63) is 40.8 Å². The Morgan fingerprint density at radius 3 is 2.53 bits per heavy atom. The smallest absolute Gasteiger partial charge is 0.277 e. The van der Waals surface area contributed by atoms with E-state index in [-0.39, 0.29) is 12.2 Å². The first-order chi connectivity index (χ1) is 16.7. The topological polar surface area (TPSA) is 110 Å². The molecule has 1 unspecified atom stereocenters. The second-order valence-corrected chi connectivity index (χ2v) is 9.37. The predicted molar refractivity (Wildman–Crippen MR) is 135 cm³/mol.